The van der Waals surface area contributed by atoms with Crippen molar-refractivity contribution < 1.29 is 9.47 Å². The van der Waals surface area contributed by atoms with Gasteiger partial charge in [-0.2, -0.15) is 0 Å². The van der Waals surface area contributed by atoms with Crippen LogP contribution in [0.25, 0.3) is 0 Å². The Morgan fingerprint density at radius 1 is 1.22 bits per heavy atom. The third kappa shape index (κ3) is 3.07. The van der Waals surface area contributed by atoms with Crippen molar-refractivity contribution in [1.29, 1.82) is 0 Å². The summed E-state index contributed by atoms with van der Waals surface area (Å²) in [4.78, 5) is 0.323. The fourth-order valence-corrected chi connectivity index (χ4v) is 3.25. The summed E-state index contributed by atoms with van der Waals surface area (Å²) in [7, 11) is 0. The van der Waals surface area contributed by atoms with Gasteiger partial charge >= 0.3 is 0 Å². The van der Waals surface area contributed by atoms with Gasteiger partial charge in [0.25, 0.3) is 0 Å². The molecule has 1 aliphatic rings. The Bertz CT molecular complexity index is 442. The third-order valence-corrected chi connectivity index (χ3v) is 4.71. The van der Waals surface area contributed by atoms with Gasteiger partial charge in [-0.3, -0.25) is 0 Å². The van der Waals surface area contributed by atoms with Crippen LogP contribution >= 0.6 is 50.7 Å². The number of alkyl halides is 1. The first-order valence-corrected chi connectivity index (χ1v) is 7.64. The van der Waals surface area contributed by atoms with Crippen molar-refractivity contribution in [3.8, 4) is 5.75 Å². The van der Waals surface area contributed by atoms with E-state index in [4.69, 9.17) is 44.3 Å². The highest BCUT2D eigenvalue weighted by molar-refractivity contribution is 9.09. The molecule has 6 heteroatoms. The summed E-state index contributed by atoms with van der Waals surface area (Å²) < 4.78 is 11.4. The Morgan fingerprint density at radius 2 is 1.89 bits per heavy atom. The lowest BCUT2D eigenvalue weighted by Crippen LogP contribution is -2.52. The van der Waals surface area contributed by atoms with Crippen molar-refractivity contribution in [2.45, 2.75) is 30.4 Å². The fourth-order valence-electron chi connectivity index (χ4n) is 1.80. The van der Waals surface area contributed by atoms with Gasteiger partial charge in [-0.05, 0) is 13.0 Å². The first-order valence-electron chi connectivity index (χ1n) is 5.59. The van der Waals surface area contributed by atoms with Crippen LogP contribution in [-0.2, 0) is 4.74 Å². The van der Waals surface area contributed by atoms with Crippen LogP contribution in [0.2, 0.25) is 15.1 Å². The van der Waals surface area contributed by atoms with Crippen LogP contribution in [0, 0.1) is 0 Å². The molecule has 0 radical (unpaired) electrons. The zero-order valence-electron chi connectivity index (χ0n) is 9.63. The second-order valence-electron chi connectivity index (χ2n) is 4.02. The molecule has 0 aromatic heterocycles. The van der Waals surface area contributed by atoms with E-state index >= 15 is 0 Å². The van der Waals surface area contributed by atoms with Gasteiger partial charge in [0.15, 0.2) is 0 Å². The maximum absolute atomic E-state index is 6.07. The van der Waals surface area contributed by atoms with Crippen LogP contribution in [0.4, 0.5) is 0 Å². The molecule has 0 heterocycles. The molecule has 1 aromatic carbocycles. The zero-order valence-corrected chi connectivity index (χ0v) is 13.5. The topological polar surface area (TPSA) is 18.5 Å². The quantitative estimate of drug-likeness (QED) is 0.547. The Balaban J connectivity index is 2.08. The molecule has 3 atom stereocenters. The average molecular weight is 374 g/mol. The molecule has 0 N–H and O–H groups in total. The highest BCUT2D eigenvalue weighted by atomic mass is 79.9. The minimum atomic E-state index is -0.0101. The van der Waals surface area contributed by atoms with Gasteiger partial charge in [-0.1, -0.05) is 50.7 Å². The molecule has 0 bridgehead atoms. The minimum Gasteiger partial charge on any atom is -0.486 e. The number of benzene rings is 1. The smallest absolute Gasteiger partial charge is 0.140 e. The Kier molecular flexibility index (Phi) is 5.06. The Hall–Kier alpha value is 0.330. The van der Waals surface area contributed by atoms with Crippen LogP contribution < -0.4 is 4.74 Å². The first-order chi connectivity index (χ1) is 8.52. The van der Waals surface area contributed by atoms with Gasteiger partial charge in [0.1, 0.15) is 18.0 Å². The first kappa shape index (κ1) is 14.7. The van der Waals surface area contributed by atoms with Gasteiger partial charge in [0.05, 0.1) is 15.1 Å². The molecule has 3 unspecified atom stereocenters. The van der Waals surface area contributed by atoms with E-state index in [0.29, 0.717) is 32.3 Å². The van der Waals surface area contributed by atoms with Crippen LogP contribution in [0.5, 0.6) is 5.75 Å². The molecule has 100 valence electrons. The van der Waals surface area contributed by atoms with Crippen molar-refractivity contribution in [2.24, 2.45) is 0 Å². The molecule has 0 aliphatic heterocycles. The van der Waals surface area contributed by atoms with Crippen molar-refractivity contribution >= 4 is 50.7 Å². The lowest BCUT2D eigenvalue weighted by Gasteiger charge is -2.40. The van der Waals surface area contributed by atoms with Crippen LogP contribution in [0.1, 0.15) is 13.3 Å². The van der Waals surface area contributed by atoms with Gasteiger partial charge in [0.2, 0.25) is 0 Å². The normalized spacial score (nSPS) is 26.8. The second-order valence-corrected chi connectivity index (χ2v) is 6.42. The second kappa shape index (κ2) is 6.19. The molecule has 1 saturated carbocycles. The van der Waals surface area contributed by atoms with E-state index in [9.17, 15) is 0 Å². The van der Waals surface area contributed by atoms with Crippen molar-refractivity contribution in [1.82, 2.24) is 0 Å². The molecule has 1 aromatic rings. The van der Waals surface area contributed by atoms with Gasteiger partial charge in [-0.15, -0.1) is 0 Å². The number of halogens is 4. The molecule has 1 fully saturated rings. The zero-order chi connectivity index (χ0) is 13.3. The van der Waals surface area contributed by atoms with Gasteiger partial charge in [-0.25, -0.2) is 0 Å². The lowest BCUT2D eigenvalue weighted by molar-refractivity contribution is -0.0722. The van der Waals surface area contributed by atoms with Crippen molar-refractivity contribution in [3.05, 3.63) is 27.2 Å². The number of hydrogen-bond donors (Lipinski definition) is 0. The summed E-state index contributed by atoms with van der Waals surface area (Å²) >= 11 is 21.4. The summed E-state index contributed by atoms with van der Waals surface area (Å²) in [6, 6.07) is 3.22. The van der Waals surface area contributed by atoms with E-state index in [-0.39, 0.29) is 12.2 Å². The summed E-state index contributed by atoms with van der Waals surface area (Å²) in [6.45, 7) is 2.61. The van der Waals surface area contributed by atoms with E-state index in [1.807, 2.05) is 6.92 Å². The molecule has 0 saturated heterocycles. The maximum atomic E-state index is 6.07. The molecular formula is C12H12BrCl3O2. The van der Waals surface area contributed by atoms with E-state index in [0.717, 1.165) is 6.42 Å². The van der Waals surface area contributed by atoms with E-state index in [1.54, 1.807) is 12.1 Å². The monoisotopic (exact) mass is 372 g/mol. The SMILES string of the molecule is CCOC1C(Br)CC1Oc1cc(Cl)c(Cl)cc1Cl. The van der Waals surface area contributed by atoms with E-state index < -0.39 is 0 Å². The maximum Gasteiger partial charge on any atom is 0.140 e. The molecule has 2 nitrogen and oxygen atoms in total. The largest absolute Gasteiger partial charge is 0.486 e. The lowest BCUT2D eigenvalue weighted by atomic mass is 9.91. The summed E-state index contributed by atoms with van der Waals surface area (Å²) in [5, 5.41) is 1.30. The highest BCUT2D eigenvalue weighted by Crippen LogP contribution is 2.39. The predicted molar refractivity (Wildman–Crippen MR) is 78.6 cm³/mol. The standard InChI is InChI=1S/C12H12BrCl3O2/c1-2-17-12-6(13)3-11(12)18-10-5-8(15)7(14)4-9(10)16/h4-6,11-12H,2-3H2,1H3. The van der Waals surface area contributed by atoms with Crippen LogP contribution in [-0.4, -0.2) is 23.6 Å². The third-order valence-electron chi connectivity index (χ3n) is 2.79. The average Bonchev–Trinajstić information content (AvgIpc) is 2.32. The fraction of sp³-hybridized carbons (Fsp3) is 0.500. The summed E-state index contributed by atoms with van der Waals surface area (Å²) in [6.07, 6.45) is 0.908. The minimum absolute atomic E-state index is 0.0101. The number of ether oxygens (including phenoxy) is 2. The molecule has 0 spiro atoms. The summed E-state index contributed by atoms with van der Waals surface area (Å²) in [5.41, 5.74) is 0. The predicted octanol–water partition coefficient (Wildman–Crippen LogP) is 4.97. The Labute approximate surface area is 130 Å². The van der Waals surface area contributed by atoms with Crippen molar-refractivity contribution in [2.75, 3.05) is 6.61 Å². The molecule has 0 amide bonds. The number of hydrogen-bond acceptors (Lipinski definition) is 2. The Morgan fingerprint density at radius 3 is 2.50 bits per heavy atom. The highest BCUT2D eigenvalue weighted by Gasteiger charge is 2.42. The number of rotatable bonds is 4. The van der Waals surface area contributed by atoms with Crippen LogP contribution in [0.3, 0.4) is 0 Å². The van der Waals surface area contributed by atoms with E-state index in [2.05, 4.69) is 15.9 Å². The summed E-state index contributed by atoms with van der Waals surface area (Å²) in [5.74, 6) is 0.542. The molecule has 2 rings (SSSR count). The molecule has 18 heavy (non-hydrogen) atoms. The van der Waals surface area contributed by atoms with Gasteiger partial charge < -0.3 is 9.47 Å². The van der Waals surface area contributed by atoms with Crippen LogP contribution in [0.15, 0.2) is 12.1 Å². The van der Waals surface area contributed by atoms with Gasteiger partial charge in [0, 0.05) is 23.9 Å². The molecule has 1 aliphatic carbocycles. The molecular weight excluding hydrogens is 362 g/mol. The van der Waals surface area contributed by atoms with E-state index in [1.165, 1.54) is 0 Å². The van der Waals surface area contributed by atoms with Crippen molar-refractivity contribution in [3.63, 3.8) is 0 Å².